The Morgan fingerprint density at radius 2 is 1.51 bits per heavy atom. The molecule has 0 aliphatic heterocycles. The highest BCUT2D eigenvalue weighted by Crippen LogP contribution is 2.36. The number of para-hydroxylation sites is 1. The number of furan rings is 1. The van der Waals surface area contributed by atoms with Gasteiger partial charge in [-0.2, -0.15) is 0 Å². The molecule has 2 amide bonds. The number of carboxylic acid groups (broad SMARTS) is 1. The number of anilines is 1. The molecule has 9 heteroatoms. The quantitative estimate of drug-likeness (QED) is 0.204. The van der Waals surface area contributed by atoms with Gasteiger partial charge in [-0.05, 0) is 71.8 Å². The highest BCUT2D eigenvalue weighted by Gasteiger charge is 2.22. The van der Waals surface area contributed by atoms with Crippen molar-refractivity contribution < 1.29 is 33.4 Å². The fourth-order valence-corrected chi connectivity index (χ4v) is 4.28. The molecule has 0 atom stereocenters. The summed E-state index contributed by atoms with van der Waals surface area (Å²) in [4.78, 5) is 37.1. The first-order valence-electron chi connectivity index (χ1n) is 11.8. The maximum Gasteiger partial charge on any atom is 0.339 e. The van der Waals surface area contributed by atoms with E-state index in [9.17, 15) is 29.0 Å². The molecule has 39 heavy (non-hydrogen) atoms. The number of fused-ring (bicyclic) bond motifs is 1. The van der Waals surface area contributed by atoms with Gasteiger partial charge in [-0.1, -0.05) is 24.3 Å². The van der Waals surface area contributed by atoms with Crippen LogP contribution in [-0.4, -0.2) is 35.0 Å². The third-order valence-corrected chi connectivity index (χ3v) is 6.22. The molecule has 0 unspecified atom stereocenters. The molecule has 4 aromatic carbocycles. The Morgan fingerprint density at radius 3 is 2.23 bits per heavy atom. The number of hydrogen-bond acceptors (Lipinski definition) is 5. The average Bonchev–Trinajstić information content (AvgIpc) is 3.32. The van der Waals surface area contributed by atoms with Gasteiger partial charge < -0.3 is 25.3 Å². The average molecular weight is 525 g/mol. The molecule has 0 bridgehead atoms. The van der Waals surface area contributed by atoms with E-state index in [0.717, 1.165) is 0 Å². The van der Waals surface area contributed by atoms with Gasteiger partial charge in [0.25, 0.3) is 11.8 Å². The number of carboxylic acids is 1. The molecular weight excluding hydrogens is 503 g/mol. The van der Waals surface area contributed by atoms with Crippen molar-refractivity contribution in [3.63, 3.8) is 0 Å². The molecule has 4 N–H and O–H groups in total. The van der Waals surface area contributed by atoms with Crippen LogP contribution in [0.3, 0.4) is 0 Å². The van der Waals surface area contributed by atoms with Gasteiger partial charge in [0.05, 0.1) is 11.3 Å². The lowest BCUT2D eigenvalue weighted by molar-refractivity contribution is 0.0693. The van der Waals surface area contributed by atoms with Gasteiger partial charge in [-0.3, -0.25) is 9.59 Å². The van der Waals surface area contributed by atoms with Crippen molar-refractivity contribution in [2.75, 3.05) is 12.4 Å². The summed E-state index contributed by atoms with van der Waals surface area (Å²) in [7, 11) is 1.51. The fraction of sp³-hybridized carbons (Fsp3) is 0.0333. The predicted molar refractivity (Wildman–Crippen MR) is 143 cm³/mol. The summed E-state index contributed by atoms with van der Waals surface area (Å²) in [6.07, 6.45) is 0. The molecule has 0 aliphatic rings. The first-order chi connectivity index (χ1) is 18.8. The number of rotatable bonds is 6. The van der Waals surface area contributed by atoms with E-state index in [1.165, 1.54) is 49.5 Å². The van der Waals surface area contributed by atoms with E-state index in [2.05, 4.69) is 10.6 Å². The number of phenols is 1. The van der Waals surface area contributed by atoms with Crippen LogP contribution in [-0.2, 0) is 0 Å². The number of carbonyl (C=O) groups excluding carboxylic acids is 2. The summed E-state index contributed by atoms with van der Waals surface area (Å²) in [5, 5.41) is 25.1. The third-order valence-electron chi connectivity index (χ3n) is 6.22. The zero-order valence-electron chi connectivity index (χ0n) is 20.5. The molecule has 8 nitrogen and oxygen atoms in total. The summed E-state index contributed by atoms with van der Waals surface area (Å²) < 4.78 is 19.5. The van der Waals surface area contributed by atoms with Gasteiger partial charge >= 0.3 is 5.97 Å². The normalized spacial score (nSPS) is 10.8. The molecule has 0 fully saturated rings. The number of benzene rings is 4. The summed E-state index contributed by atoms with van der Waals surface area (Å²) in [6.45, 7) is 0. The highest BCUT2D eigenvalue weighted by molar-refractivity contribution is 6.12. The van der Waals surface area contributed by atoms with Crippen molar-refractivity contribution in [1.82, 2.24) is 5.32 Å². The van der Waals surface area contributed by atoms with Gasteiger partial charge in [-0.25, -0.2) is 9.18 Å². The number of aromatic hydroxyl groups is 1. The maximum absolute atomic E-state index is 13.5. The second-order valence-corrected chi connectivity index (χ2v) is 8.64. The minimum Gasteiger partial charge on any atom is -0.505 e. The van der Waals surface area contributed by atoms with Crippen LogP contribution in [0.15, 0.2) is 89.3 Å². The molecular formula is C30H21FN2O6. The van der Waals surface area contributed by atoms with E-state index in [1.807, 2.05) is 0 Å². The Kier molecular flexibility index (Phi) is 6.56. The van der Waals surface area contributed by atoms with Crippen molar-refractivity contribution >= 4 is 34.4 Å². The van der Waals surface area contributed by atoms with E-state index < -0.39 is 23.4 Å². The maximum atomic E-state index is 13.5. The lowest BCUT2D eigenvalue weighted by Gasteiger charge is -2.10. The lowest BCUT2D eigenvalue weighted by Crippen LogP contribution is -2.18. The van der Waals surface area contributed by atoms with Crippen LogP contribution in [0.25, 0.3) is 33.4 Å². The van der Waals surface area contributed by atoms with Gasteiger partial charge in [0.15, 0.2) is 5.75 Å². The minimum atomic E-state index is -1.32. The molecule has 194 valence electrons. The zero-order valence-corrected chi connectivity index (χ0v) is 20.5. The molecule has 1 aromatic heterocycles. The highest BCUT2D eigenvalue weighted by atomic mass is 19.1. The molecule has 0 aliphatic carbocycles. The van der Waals surface area contributed by atoms with Gasteiger partial charge in [-0.15, -0.1) is 0 Å². The first-order valence-corrected chi connectivity index (χ1v) is 11.8. The van der Waals surface area contributed by atoms with Crippen molar-refractivity contribution in [1.29, 1.82) is 0 Å². The second kappa shape index (κ2) is 10.1. The predicted octanol–water partition coefficient (Wildman–Crippen LogP) is 5.92. The SMILES string of the molecule is CNC(=O)c1c(-c2ccc(F)cc2)oc2ccc(-c3cccc(C(=O)Nc4cccc(C(=O)O)c4O)c3)cc12. The van der Waals surface area contributed by atoms with Crippen LogP contribution in [0.5, 0.6) is 5.75 Å². The molecule has 5 rings (SSSR count). The molecule has 0 saturated carbocycles. The Hall–Kier alpha value is -5.44. The number of carbonyl (C=O) groups is 3. The Balaban J connectivity index is 1.52. The number of aromatic carboxylic acids is 1. The first kappa shape index (κ1) is 25.2. The van der Waals surface area contributed by atoms with Gasteiger partial charge in [0.1, 0.15) is 22.7 Å². The van der Waals surface area contributed by atoms with Crippen molar-refractivity contribution in [3.8, 4) is 28.2 Å². The van der Waals surface area contributed by atoms with Crippen LogP contribution < -0.4 is 10.6 Å². The van der Waals surface area contributed by atoms with Crippen LogP contribution in [0.2, 0.25) is 0 Å². The standard InChI is InChI=1S/C30H21FN2O6/c1-32-29(36)25-22-15-18(10-13-24(22)39-27(25)16-8-11-20(31)12-9-16)17-4-2-5-19(14-17)28(35)33-23-7-3-6-21(26(23)34)30(37)38/h2-15,34H,1H3,(H,32,36)(H,33,35)(H,37,38). The summed E-state index contributed by atoms with van der Waals surface area (Å²) in [6, 6.07) is 21.6. The van der Waals surface area contributed by atoms with Crippen molar-refractivity contribution in [2.24, 2.45) is 0 Å². The van der Waals surface area contributed by atoms with E-state index in [-0.39, 0.29) is 22.7 Å². The van der Waals surface area contributed by atoms with Crippen LogP contribution in [0.1, 0.15) is 31.1 Å². The zero-order chi connectivity index (χ0) is 27.7. The monoisotopic (exact) mass is 524 g/mol. The lowest BCUT2D eigenvalue weighted by atomic mass is 9.99. The van der Waals surface area contributed by atoms with Crippen molar-refractivity contribution in [3.05, 3.63) is 107 Å². The summed E-state index contributed by atoms with van der Waals surface area (Å²) in [5.41, 5.74) is 2.56. The van der Waals surface area contributed by atoms with Crippen LogP contribution in [0.4, 0.5) is 10.1 Å². The van der Waals surface area contributed by atoms with Gasteiger partial charge in [0, 0.05) is 23.6 Å². The Bertz CT molecular complexity index is 1760. The fourth-order valence-electron chi connectivity index (χ4n) is 4.28. The summed E-state index contributed by atoms with van der Waals surface area (Å²) in [5.74, 6) is -2.89. The minimum absolute atomic E-state index is 0.0336. The van der Waals surface area contributed by atoms with Crippen LogP contribution >= 0.6 is 0 Å². The van der Waals surface area contributed by atoms with E-state index >= 15 is 0 Å². The molecule has 5 aromatic rings. The van der Waals surface area contributed by atoms with E-state index in [0.29, 0.717) is 39.0 Å². The molecule has 1 heterocycles. The number of nitrogens with one attached hydrogen (secondary N) is 2. The van der Waals surface area contributed by atoms with E-state index in [1.54, 1.807) is 42.5 Å². The number of amides is 2. The number of hydrogen-bond donors (Lipinski definition) is 4. The third kappa shape index (κ3) is 4.80. The second-order valence-electron chi connectivity index (χ2n) is 8.64. The molecule has 0 saturated heterocycles. The molecule has 0 radical (unpaired) electrons. The van der Waals surface area contributed by atoms with Gasteiger partial charge in [0.2, 0.25) is 0 Å². The Labute approximate surface area is 221 Å². The topological polar surface area (TPSA) is 129 Å². The molecule has 0 spiro atoms. The number of halogens is 1. The summed E-state index contributed by atoms with van der Waals surface area (Å²) >= 11 is 0. The van der Waals surface area contributed by atoms with Crippen LogP contribution in [0, 0.1) is 5.82 Å². The smallest absolute Gasteiger partial charge is 0.339 e. The largest absolute Gasteiger partial charge is 0.505 e. The van der Waals surface area contributed by atoms with Crippen molar-refractivity contribution in [2.45, 2.75) is 0 Å². The Morgan fingerprint density at radius 1 is 0.821 bits per heavy atom. The van der Waals surface area contributed by atoms with E-state index in [4.69, 9.17) is 4.42 Å².